The first-order valence-electron chi connectivity index (χ1n) is 5.92. The van der Waals surface area contributed by atoms with E-state index in [0.29, 0.717) is 19.6 Å². The van der Waals surface area contributed by atoms with E-state index in [1.54, 1.807) is 10.4 Å². The molecule has 1 aromatic heterocycles. The molecule has 0 aromatic carbocycles. The molecule has 2 N–H and O–H groups in total. The van der Waals surface area contributed by atoms with Crippen molar-refractivity contribution in [1.29, 1.82) is 0 Å². The summed E-state index contributed by atoms with van der Waals surface area (Å²) >= 11 is 1.46. The number of amides is 2. The third kappa shape index (κ3) is 3.51. The van der Waals surface area contributed by atoms with Crippen LogP contribution in [0.5, 0.6) is 0 Å². The summed E-state index contributed by atoms with van der Waals surface area (Å²) in [7, 11) is 0. The number of nitrogens with one attached hydrogen (secondary N) is 2. The Morgan fingerprint density at radius 1 is 1.44 bits per heavy atom. The summed E-state index contributed by atoms with van der Waals surface area (Å²) in [6.45, 7) is 3.16. The van der Waals surface area contributed by atoms with E-state index >= 15 is 0 Å². The van der Waals surface area contributed by atoms with Crippen molar-refractivity contribution in [2.75, 3.05) is 26.2 Å². The van der Waals surface area contributed by atoms with Crippen LogP contribution in [0.25, 0.3) is 0 Å². The van der Waals surface area contributed by atoms with Crippen LogP contribution >= 0.6 is 11.3 Å². The van der Waals surface area contributed by atoms with Crippen molar-refractivity contribution in [3.8, 4) is 0 Å². The molecular formula is C11H16N4O2S. The molecule has 1 aliphatic heterocycles. The molecule has 1 aliphatic rings. The molecular weight excluding hydrogens is 252 g/mol. The van der Waals surface area contributed by atoms with E-state index in [1.165, 1.54) is 11.3 Å². The van der Waals surface area contributed by atoms with Crippen molar-refractivity contribution >= 4 is 23.2 Å². The van der Waals surface area contributed by atoms with Gasteiger partial charge in [0, 0.05) is 25.0 Å². The molecule has 0 bridgehead atoms. The Labute approximate surface area is 109 Å². The summed E-state index contributed by atoms with van der Waals surface area (Å²) in [6, 6.07) is 0. The Hall–Kier alpha value is -1.47. The van der Waals surface area contributed by atoms with E-state index in [2.05, 4.69) is 15.6 Å². The zero-order chi connectivity index (χ0) is 12.8. The highest BCUT2D eigenvalue weighted by Gasteiger charge is 2.22. The van der Waals surface area contributed by atoms with Crippen LogP contribution in [0.2, 0.25) is 0 Å². The summed E-state index contributed by atoms with van der Waals surface area (Å²) in [5.74, 6) is -1.00. The molecule has 0 radical (unpaired) electrons. The molecule has 2 rings (SSSR count). The summed E-state index contributed by atoms with van der Waals surface area (Å²) in [5.41, 5.74) is 2.47. The normalized spacial score (nSPS) is 16.1. The van der Waals surface area contributed by atoms with Gasteiger partial charge >= 0.3 is 11.8 Å². The zero-order valence-electron chi connectivity index (χ0n) is 10.0. The standard InChI is InChI=1S/C11H16N4O2S/c16-10(13-6-9-7-18-8-14-9)11(17)15-4-1-2-12-3-5-15/h7-8,12H,1-6H2,(H,13,16). The number of hydrogen-bond acceptors (Lipinski definition) is 5. The van der Waals surface area contributed by atoms with Gasteiger partial charge in [-0.3, -0.25) is 9.59 Å². The molecule has 0 atom stereocenters. The van der Waals surface area contributed by atoms with Gasteiger partial charge in [0.2, 0.25) is 0 Å². The smallest absolute Gasteiger partial charge is 0.311 e. The number of aromatic nitrogens is 1. The van der Waals surface area contributed by atoms with E-state index < -0.39 is 11.8 Å². The van der Waals surface area contributed by atoms with Crippen molar-refractivity contribution in [1.82, 2.24) is 20.5 Å². The molecule has 1 aromatic rings. The number of carbonyl (C=O) groups is 2. The zero-order valence-corrected chi connectivity index (χ0v) is 10.8. The van der Waals surface area contributed by atoms with Gasteiger partial charge in [-0.1, -0.05) is 0 Å². The first-order chi connectivity index (χ1) is 8.77. The summed E-state index contributed by atoms with van der Waals surface area (Å²) in [4.78, 5) is 29.2. The number of thiazole rings is 1. The van der Waals surface area contributed by atoms with Crippen molar-refractivity contribution in [2.24, 2.45) is 0 Å². The molecule has 2 amide bonds. The Balaban J connectivity index is 1.82. The Kier molecular flexibility index (Phi) is 4.66. The molecule has 1 fully saturated rings. The second-order valence-electron chi connectivity index (χ2n) is 4.06. The van der Waals surface area contributed by atoms with Crippen LogP contribution in [0.15, 0.2) is 10.9 Å². The van der Waals surface area contributed by atoms with Crippen LogP contribution in [0, 0.1) is 0 Å². The lowest BCUT2D eigenvalue weighted by atomic mass is 10.3. The van der Waals surface area contributed by atoms with E-state index in [1.807, 2.05) is 5.38 Å². The van der Waals surface area contributed by atoms with Crippen LogP contribution in [0.1, 0.15) is 12.1 Å². The second kappa shape index (κ2) is 6.46. The molecule has 0 saturated carbocycles. The Morgan fingerprint density at radius 2 is 2.33 bits per heavy atom. The van der Waals surface area contributed by atoms with Gasteiger partial charge in [-0.2, -0.15) is 0 Å². The monoisotopic (exact) mass is 268 g/mol. The summed E-state index contributed by atoms with van der Waals surface area (Å²) < 4.78 is 0. The molecule has 6 nitrogen and oxygen atoms in total. The van der Waals surface area contributed by atoms with Gasteiger partial charge in [0.1, 0.15) is 0 Å². The van der Waals surface area contributed by atoms with Gasteiger partial charge in [-0.15, -0.1) is 11.3 Å². The van der Waals surface area contributed by atoms with Gasteiger partial charge < -0.3 is 15.5 Å². The van der Waals surface area contributed by atoms with Crippen molar-refractivity contribution in [3.63, 3.8) is 0 Å². The summed E-state index contributed by atoms with van der Waals surface area (Å²) in [5, 5.41) is 7.64. The molecule has 0 aliphatic carbocycles. The fraction of sp³-hybridized carbons (Fsp3) is 0.545. The van der Waals surface area contributed by atoms with Crippen molar-refractivity contribution in [2.45, 2.75) is 13.0 Å². The minimum atomic E-state index is -0.551. The van der Waals surface area contributed by atoms with E-state index in [0.717, 1.165) is 25.2 Å². The lowest BCUT2D eigenvalue weighted by Gasteiger charge is -2.18. The van der Waals surface area contributed by atoms with Crippen LogP contribution < -0.4 is 10.6 Å². The number of carbonyl (C=O) groups excluding carboxylic acids is 2. The first kappa shape index (κ1) is 13.0. The van der Waals surface area contributed by atoms with Gasteiger partial charge in [0.25, 0.3) is 0 Å². The third-order valence-corrected chi connectivity index (χ3v) is 3.37. The van der Waals surface area contributed by atoms with Gasteiger partial charge in [0.05, 0.1) is 17.7 Å². The minimum absolute atomic E-state index is 0.306. The van der Waals surface area contributed by atoms with Crippen LogP contribution in [0.4, 0.5) is 0 Å². The second-order valence-corrected chi connectivity index (χ2v) is 4.78. The van der Waals surface area contributed by atoms with Crippen molar-refractivity contribution < 1.29 is 9.59 Å². The number of hydrogen-bond donors (Lipinski definition) is 2. The van der Waals surface area contributed by atoms with Gasteiger partial charge in [0.15, 0.2) is 0 Å². The quantitative estimate of drug-likeness (QED) is 0.715. The minimum Gasteiger partial charge on any atom is -0.342 e. The predicted molar refractivity (Wildman–Crippen MR) is 68.0 cm³/mol. The molecule has 2 heterocycles. The highest BCUT2D eigenvalue weighted by atomic mass is 32.1. The fourth-order valence-corrected chi connectivity index (χ4v) is 2.32. The Morgan fingerprint density at radius 3 is 3.11 bits per heavy atom. The maximum Gasteiger partial charge on any atom is 0.311 e. The molecule has 0 spiro atoms. The SMILES string of the molecule is O=C(NCc1cscn1)C(=O)N1CCCNCC1. The van der Waals surface area contributed by atoms with Crippen LogP contribution in [0.3, 0.4) is 0 Å². The average molecular weight is 268 g/mol. The maximum atomic E-state index is 11.9. The van der Waals surface area contributed by atoms with Gasteiger partial charge in [-0.05, 0) is 13.0 Å². The van der Waals surface area contributed by atoms with E-state index in [9.17, 15) is 9.59 Å². The van der Waals surface area contributed by atoms with E-state index in [4.69, 9.17) is 0 Å². The highest BCUT2D eigenvalue weighted by Crippen LogP contribution is 2.00. The molecule has 1 saturated heterocycles. The lowest BCUT2D eigenvalue weighted by Crippen LogP contribution is -2.44. The molecule has 18 heavy (non-hydrogen) atoms. The van der Waals surface area contributed by atoms with Crippen LogP contribution in [-0.2, 0) is 16.1 Å². The van der Waals surface area contributed by atoms with E-state index in [-0.39, 0.29) is 0 Å². The fourth-order valence-electron chi connectivity index (χ4n) is 1.76. The lowest BCUT2D eigenvalue weighted by molar-refractivity contribution is -0.145. The molecule has 98 valence electrons. The summed E-state index contributed by atoms with van der Waals surface area (Å²) in [6.07, 6.45) is 0.880. The molecule has 0 unspecified atom stereocenters. The van der Waals surface area contributed by atoms with Gasteiger partial charge in [-0.25, -0.2) is 4.98 Å². The first-order valence-corrected chi connectivity index (χ1v) is 6.86. The average Bonchev–Trinajstić information content (AvgIpc) is 2.75. The molecule has 7 heteroatoms. The largest absolute Gasteiger partial charge is 0.342 e. The maximum absolute atomic E-state index is 11.9. The Bertz CT molecular complexity index is 399. The predicted octanol–water partition coefficient (Wildman–Crippen LogP) is -0.419. The number of rotatable bonds is 2. The van der Waals surface area contributed by atoms with Crippen LogP contribution in [-0.4, -0.2) is 47.9 Å². The highest BCUT2D eigenvalue weighted by molar-refractivity contribution is 7.07. The van der Waals surface area contributed by atoms with Crippen molar-refractivity contribution in [3.05, 3.63) is 16.6 Å². The third-order valence-electron chi connectivity index (χ3n) is 2.74. The topological polar surface area (TPSA) is 74.3 Å². The number of nitrogens with zero attached hydrogens (tertiary/aromatic N) is 2.